The molecule has 7 aromatic rings. The average molecular weight is 752 g/mol. The van der Waals surface area contributed by atoms with Crippen LogP contribution in [0.5, 0.6) is 0 Å². The van der Waals surface area contributed by atoms with E-state index in [1.165, 1.54) is 34.9 Å². The fraction of sp³-hybridized carbons (Fsp3) is 0.227. The number of carbonyl (C=O) groups is 2. The summed E-state index contributed by atoms with van der Waals surface area (Å²) >= 11 is 3.53. The molecular weight excluding hydrogens is 712 g/mol. The molecule has 0 bridgehead atoms. The third kappa shape index (κ3) is 7.63. The fourth-order valence-electron chi connectivity index (χ4n) is 7.00. The van der Waals surface area contributed by atoms with Crippen molar-refractivity contribution < 1.29 is 14.7 Å². The van der Waals surface area contributed by atoms with Gasteiger partial charge in [-0.1, -0.05) is 40.2 Å². The van der Waals surface area contributed by atoms with Crippen molar-refractivity contribution in [3.8, 4) is 0 Å². The van der Waals surface area contributed by atoms with Crippen LogP contribution in [0.1, 0.15) is 104 Å². The van der Waals surface area contributed by atoms with E-state index in [4.69, 9.17) is 0 Å². The second-order valence-corrected chi connectivity index (χ2v) is 15.1. The van der Waals surface area contributed by atoms with Crippen LogP contribution >= 0.6 is 15.9 Å². The summed E-state index contributed by atoms with van der Waals surface area (Å²) in [7, 11) is 0. The van der Waals surface area contributed by atoms with Crippen LogP contribution < -0.4 is 0 Å². The first-order valence-electron chi connectivity index (χ1n) is 17.9. The molecule has 2 aliphatic rings. The van der Waals surface area contributed by atoms with Crippen LogP contribution in [0.2, 0.25) is 0 Å². The third-order valence-corrected chi connectivity index (χ3v) is 10.6. The van der Waals surface area contributed by atoms with Gasteiger partial charge in [0, 0.05) is 65.2 Å². The van der Waals surface area contributed by atoms with Crippen LogP contribution in [0.4, 0.5) is 0 Å². The molecule has 0 saturated heterocycles. The maximum atomic E-state index is 12.0. The molecule has 4 aromatic heterocycles. The van der Waals surface area contributed by atoms with E-state index in [1.807, 2.05) is 36.8 Å². The minimum Gasteiger partial charge on any atom is -0.478 e. The lowest BCUT2D eigenvalue weighted by atomic mass is 9.99. The number of hydrogen-bond donors (Lipinski definition) is 2. The Labute approximate surface area is 310 Å². The molecular formula is C44H39BrN4O3. The summed E-state index contributed by atoms with van der Waals surface area (Å²) in [5, 5.41) is 12.0. The van der Waals surface area contributed by atoms with Crippen molar-refractivity contribution in [2.75, 3.05) is 0 Å². The zero-order chi connectivity index (χ0) is 35.8. The highest BCUT2D eigenvalue weighted by Gasteiger charge is 2.26. The monoisotopic (exact) mass is 750 g/mol. The number of halogens is 1. The van der Waals surface area contributed by atoms with Crippen molar-refractivity contribution >= 4 is 49.5 Å². The van der Waals surface area contributed by atoms with Crippen molar-refractivity contribution in [2.24, 2.45) is 0 Å². The second kappa shape index (κ2) is 14.4. The molecule has 52 heavy (non-hydrogen) atoms. The second-order valence-electron chi connectivity index (χ2n) is 14.2. The summed E-state index contributed by atoms with van der Waals surface area (Å²) in [5.41, 5.74) is 10.7. The highest BCUT2D eigenvalue weighted by atomic mass is 79.9. The number of fused-ring (bicyclic) bond motifs is 2. The Morgan fingerprint density at radius 2 is 1.42 bits per heavy atom. The van der Waals surface area contributed by atoms with Gasteiger partial charge in [0.15, 0.2) is 5.78 Å². The zero-order valence-corrected chi connectivity index (χ0v) is 30.6. The van der Waals surface area contributed by atoms with E-state index >= 15 is 0 Å². The van der Waals surface area contributed by atoms with Crippen LogP contribution in [-0.4, -0.2) is 36.4 Å². The number of aromatic amines is 1. The molecule has 7 nitrogen and oxygen atoms in total. The van der Waals surface area contributed by atoms with E-state index in [2.05, 4.69) is 108 Å². The number of benzene rings is 3. The number of nitrogens with zero attached hydrogens (tertiary/aromatic N) is 3. The summed E-state index contributed by atoms with van der Waals surface area (Å²) in [6.45, 7) is 2.43. The van der Waals surface area contributed by atoms with Gasteiger partial charge in [-0.2, -0.15) is 0 Å². The van der Waals surface area contributed by atoms with Crippen molar-refractivity contribution in [3.05, 3.63) is 165 Å². The minimum absolute atomic E-state index is 0.104. The van der Waals surface area contributed by atoms with Gasteiger partial charge in [0.1, 0.15) is 0 Å². The van der Waals surface area contributed by atoms with Crippen LogP contribution in [0, 0.1) is 0 Å². The highest BCUT2D eigenvalue weighted by molar-refractivity contribution is 9.10. The molecule has 0 radical (unpaired) electrons. The van der Waals surface area contributed by atoms with Crippen LogP contribution in [-0.2, 0) is 19.4 Å². The number of aromatic carboxylic acids is 1. The number of nitrogens with one attached hydrogen (secondary N) is 1. The number of pyridine rings is 2. The molecule has 2 fully saturated rings. The summed E-state index contributed by atoms with van der Waals surface area (Å²) in [6, 6.07) is 29.0. The predicted molar refractivity (Wildman–Crippen MR) is 208 cm³/mol. The molecule has 4 heterocycles. The first kappa shape index (κ1) is 33.8. The lowest BCUT2D eigenvalue weighted by molar-refractivity contribution is 0.0695. The normalized spacial score (nSPS) is 14.0. The molecule has 9 rings (SSSR count). The highest BCUT2D eigenvalue weighted by Crippen LogP contribution is 2.41. The predicted octanol–water partition coefficient (Wildman–Crippen LogP) is 10.2. The number of carboxylic acid groups (broad SMARTS) is 1. The van der Waals surface area contributed by atoms with Gasteiger partial charge in [0.05, 0.1) is 17.0 Å². The molecule has 0 atom stereocenters. The number of carbonyl (C=O) groups excluding carboxylic acids is 1. The molecule has 2 aliphatic carbocycles. The number of carboxylic acids is 1. The molecule has 0 unspecified atom stereocenters. The standard InChI is InChI=1S/C25H21BrN2O2.C19H18N2O/c26-21-3-1-2-17(11-21)15-28-9-8-19-10-16(4-7-24(19)28)12-23-22(25(29)30)13-20(14-27-23)18-5-6-18;1-12(22)17-10-16(14-3-4-14)11-21-19(17)9-13-2-5-18-15(8-13)6-7-20-18/h1-4,7-11,13-14,18H,5-6,12,15H2,(H,29,30);2,5-8,10-11,14,20H,3-4,9H2,1H3. The Morgan fingerprint density at radius 1 is 0.769 bits per heavy atom. The summed E-state index contributed by atoms with van der Waals surface area (Å²) in [5.74, 6) is 0.316. The van der Waals surface area contributed by atoms with E-state index < -0.39 is 5.97 Å². The lowest BCUT2D eigenvalue weighted by Gasteiger charge is -2.09. The summed E-state index contributed by atoms with van der Waals surface area (Å²) in [6.07, 6.45) is 13.8. The SMILES string of the molecule is CC(=O)c1cc(C2CC2)cnc1Cc1ccc2[nH]ccc2c1.O=C(O)c1cc(C2CC2)cnc1Cc1ccc2c(ccn2Cc2cccc(Br)c2)c1. The Balaban J connectivity index is 0.000000156. The first-order chi connectivity index (χ1) is 25.3. The molecule has 260 valence electrons. The zero-order valence-electron chi connectivity index (χ0n) is 29.0. The Morgan fingerprint density at radius 3 is 2.08 bits per heavy atom. The smallest absolute Gasteiger partial charge is 0.337 e. The Kier molecular flexibility index (Phi) is 9.32. The minimum atomic E-state index is -0.902. The number of rotatable bonds is 10. The quantitative estimate of drug-likeness (QED) is 0.136. The van der Waals surface area contributed by atoms with Gasteiger partial charge in [-0.15, -0.1) is 0 Å². The molecule has 0 amide bonds. The van der Waals surface area contributed by atoms with Gasteiger partial charge in [-0.05, 0) is 144 Å². The molecule has 0 aliphatic heterocycles. The molecule has 8 heteroatoms. The molecule has 2 saturated carbocycles. The first-order valence-corrected chi connectivity index (χ1v) is 18.7. The van der Waals surface area contributed by atoms with E-state index in [-0.39, 0.29) is 5.78 Å². The fourth-order valence-corrected chi connectivity index (χ4v) is 7.45. The summed E-state index contributed by atoms with van der Waals surface area (Å²) < 4.78 is 3.31. The van der Waals surface area contributed by atoms with E-state index in [0.717, 1.165) is 62.7 Å². The Bertz CT molecular complexity index is 2450. The van der Waals surface area contributed by atoms with Crippen LogP contribution in [0.3, 0.4) is 0 Å². The maximum Gasteiger partial charge on any atom is 0.337 e. The van der Waals surface area contributed by atoms with Gasteiger partial charge >= 0.3 is 5.97 Å². The maximum absolute atomic E-state index is 12.0. The van der Waals surface area contributed by atoms with Crippen LogP contribution in [0.15, 0.2) is 114 Å². The Hall–Kier alpha value is -5.34. The van der Waals surface area contributed by atoms with Gasteiger partial charge in [0.25, 0.3) is 0 Å². The third-order valence-electron chi connectivity index (χ3n) is 10.1. The van der Waals surface area contributed by atoms with Crippen molar-refractivity contribution in [3.63, 3.8) is 0 Å². The van der Waals surface area contributed by atoms with Crippen molar-refractivity contribution in [1.29, 1.82) is 0 Å². The molecule has 2 N–H and O–H groups in total. The number of ketones is 1. The number of hydrogen-bond acceptors (Lipinski definition) is 4. The average Bonchev–Trinajstić information content (AvgIpc) is 4.08. The number of Topliss-reactive ketones (excluding diaryl/α,β-unsaturated/α-hetero) is 1. The van der Waals surface area contributed by atoms with Gasteiger partial charge in [-0.3, -0.25) is 14.8 Å². The van der Waals surface area contributed by atoms with Gasteiger partial charge < -0.3 is 14.7 Å². The largest absolute Gasteiger partial charge is 0.478 e. The van der Waals surface area contributed by atoms with Crippen molar-refractivity contribution in [1.82, 2.24) is 19.5 Å². The van der Waals surface area contributed by atoms with Crippen molar-refractivity contribution in [2.45, 2.75) is 63.8 Å². The van der Waals surface area contributed by atoms with Crippen LogP contribution in [0.25, 0.3) is 21.8 Å². The lowest BCUT2D eigenvalue weighted by Crippen LogP contribution is -2.07. The summed E-state index contributed by atoms with van der Waals surface area (Å²) in [4.78, 5) is 36.1. The van der Waals surface area contributed by atoms with E-state index in [0.29, 0.717) is 35.9 Å². The van der Waals surface area contributed by atoms with E-state index in [9.17, 15) is 14.7 Å². The molecule has 0 spiro atoms. The number of aromatic nitrogens is 4. The number of H-pyrrole nitrogens is 1. The molecule has 3 aromatic carbocycles. The van der Waals surface area contributed by atoms with Gasteiger partial charge in [-0.25, -0.2) is 4.79 Å². The van der Waals surface area contributed by atoms with E-state index in [1.54, 1.807) is 6.92 Å². The van der Waals surface area contributed by atoms with Gasteiger partial charge in [0.2, 0.25) is 0 Å². The topological polar surface area (TPSA) is 101 Å².